The molecule has 76 valence electrons. The summed E-state index contributed by atoms with van der Waals surface area (Å²) >= 11 is 1.58. The van der Waals surface area contributed by atoms with Crippen molar-refractivity contribution in [3.8, 4) is 0 Å². The van der Waals surface area contributed by atoms with E-state index in [9.17, 15) is 0 Å². The fraction of sp³-hybridized carbons (Fsp3) is 0.444. The fourth-order valence-corrected chi connectivity index (χ4v) is 1.83. The topological polar surface area (TPSA) is 75.7 Å². The highest BCUT2D eigenvalue weighted by molar-refractivity contribution is 8.00. The summed E-state index contributed by atoms with van der Waals surface area (Å²) in [5.41, 5.74) is 6.03. The van der Waals surface area contributed by atoms with E-state index in [-0.39, 0.29) is 10.6 Å². The van der Waals surface area contributed by atoms with Crippen molar-refractivity contribution in [2.75, 3.05) is 0 Å². The van der Waals surface area contributed by atoms with Crippen LogP contribution in [0.4, 0.5) is 0 Å². The maximum Gasteiger partial charge on any atom is 0.127 e. The van der Waals surface area contributed by atoms with Gasteiger partial charge in [0.15, 0.2) is 0 Å². The Morgan fingerprint density at radius 2 is 2.14 bits per heavy atom. The number of nitrogen functional groups attached to an aromatic ring is 1. The molecule has 1 aromatic heterocycles. The predicted molar refractivity (Wildman–Crippen MR) is 58.7 cm³/mol. The van der Waals surface area contributed by atoms with E-state index in [2.05, 4.69) is 30.7 Å². The molecule has 0 aliphatic heterocycles. The first-order valence-electron chi connectivity index (χ1n) is 4.23. The Morgan fingerprint density at radius 3 is 2.64 bits per heavy atom. The number of nitrogens with zero attached hydrogens (tertiary/aromatic N) is 2. The summed E-state index contributed by atoms with van der Waals surface area (Å²) in [5, 5.41) is 8.13. The lowest BCUT2D eigenvalue weighted by molar-refractivity contribution is 0.798. The molecule has 0 unspecified atom stereocenters. The van der Waals surface area contributed by atoms with Crippen LogP contribution in [-0.2, 0) is 0 Å². The summed E-state index contributed by atoms with van der Waals surface area (Å²) in [4.78, 5) is 7.97. The maximum atomic E-state index is 7.37. The highest BCUT2D eigenvalue weighted by Gasteiger charge is 2.16. The zero-order valence-electron chi connectivity index (χ0n) is 8.53. The van der Waals surface area contributed by atoms with Gasteiger partial charge in [0, 0.05) is 10.9 Å². The van der Waals surface area contributed by atoms with E-state index in [0.717, 1.165) is 5.03 Å². The second kappa shape index (κ2) is 3.96. The van der Waals surface area contributed by atoms with E-state index in [4.69, 9.17) is 11.1 Å². The largest absolute Gasteiger partial charge is 0.384 e. The highest BCUT2D eigenvalue weighted by Crippen LogP contribution is 2.31. The molecule has 1 aromatic rings. The van der Waals surface area contributed by atoms with Gasteiger partial charge in [-0.3, -0.25) is 5.41 Å². The Morgan fingerprint density at radius 1 is 1.50 bits per heavy atom. The number of amidine groups is 1. The molecule has 0 atom stereocenters. The van der Waals surface area contributed by atoms with Gasteiger partial charge in [0.25, 0.3) is 0 Å². The molecule has 0 radical (unpaired) electrons. The van der Waals surface area contributed by atoms with Gasteiger partial charge >= 0.3 is 0 Å². The number of aromatic nitrogens is 2. The van der Waals surface area contributed by atoms with E-state index in [1.54, 1.807) is 18.0 Å². The summed E-state index contributed by atoms with van der Waals surface area (Å²) in [6.45, 7) is 6.26. The second-order valence-corrected chi connectivity index (χ2v) is 5.69. The van der Waals surface area contributed by atoms with Crippen molar-refractivity contribution < 1.29 is 0 Å². The molecule has 0 fully saturated rings. The number of rotatable bonds is 2. The molecular formula is C9H14N4S. The maximum absolute atomic E-state index is 7.37. The van der Waals surface area contributed by atoms with Gasteiger partial charge in [-0.25, -0.2) is 9.97 Å². The average Bonchev–Trinajstić information content (AvgIpc) is 2.01. The van der Waals surface area contributed by atoms with Crippen molar-refractivity contribution in [2.45, 2.75) is 30.5 Å². The van der Waals surface area contributed by atoms with E-state index in [0.29, 0.717) is 5.56 Å². The summed E-state index contributed by atoms with van der Waals surface area (Å²) in [5.74, 6) is 0.0114. The Balaban J connectivity index is 3.02. The smallest absolute Gasteiger partial charge is 0.127 e. The number of nitrogens with two attached hydrogens (primary N) is 1. The Labute approximate surface area is 87.8 Å². The molecule has 0 bridgehead atoms. The normalized spacial score (nSPS) is 11.4. The number of hydrogen-bond donors (Lipinski definition) is 2. The van der Waals surface area contributed by atoms with Crippen molar-refractivity contribution in [3.63, 3.8) is 0 Å². The SMILES string of the molecule is CC(C)(C)Sc1ncncc1C(=N)N. The third-order valence-electron chi connectivity index (χ3n) is 1.37. The van der Waals surface area contributed by atoms with Gasteiger partial charge in [-0.05, 0) is 0 Å². The van der Waals surface area contributed by atoms with Crippen LogP contribution in [0.1, 0.15) is 26.3 Å². The first-order chi connectivity index (χ1) is 6.40. The first kappa shape index (κ1) is 11.0. The van der Waals surface area contributed by atoms with Crippen LogP contribution in [-0.4, -0.2) is 20.6 Å². The third kappa shape index (κ3) is 2.99. The van der Waals surface area contributed by atoms with Gasteiger partial charge in [0.2, 0.25) is 0 Å². The standard InChI is InChI=1S/C9H14N4S/c1-9(2,3)14-8-6(7(10)11)4-12-5-13-8/h4-5H,1-3H3,(H3,10,11). The van der Waals surface area contributed by atoms with Crippen LogP contribution >= 0.6 is 11.8 Å². The molecule has 0 saturated heterocycles. The van der Waals surface area contributed by atoms with E-state index in [1.165, 1.54) is 6.33 Å². The van der Waals surface area contributed by atoms with Crippen LogP contribution < -0.4 is 5.73 Å². The van der Waals surface area contributed by atoms with Crippen molar-refractivity contribution in [1.82, 2.24) is 9.97 Å². The monoisotopic (exact) mass is 210 g/mol. The summed E-state index contributed by atoms with van der Waals surface area (Å²) in [7, 11) is 0. The molecule has 5 heteroatoms. The molecule has 0 aliphatic rings. The summed E-state index contributed by atoms with van der Waals surface area (Å²) in [6, 6.07) is 0. The van der Waals surface area contributed by atoms with E-state index >= 15 is 0 Å². The van der Waals surface area contributed by atoms with Gasteiger partial charge in [0.1, 0.15) is 17.2 Å². The van der Waals surface area contributed by atoms with Crippen LogP contribution in [0, 0.1) is 5.41 Å². The van der Waals surface area contributed by atoms with Gasteiger partial charge in [-0.15, -0.1) is 0 Å². The van der Waals surface area contributed by atoms with Crippen molar-refractivity contribution >= 4 is 17.6 Å². The third-order valence-corrected chi connectivity index (χ3v) is 2.50. The van der Waals surface area contributed by atoms with Crippen LogP contribution in [0.15, 0.2) is 17.6 Å². The van der Waals surface area contributed by atoms with Gasteiger partial charge in [-0.1, -0.05) is 32.5 Å². The zero-order valence-corrected chi connectivity index (χ0v) is 9.35. The molecule has 4 nitrogen and oxygen atoms in total. The van der Waals surface area contributed by atoms with Crippen LogP contribution in [0.3, 0.4) is 0 Å². The molecule has 0 spiro atoms. The van der Waals surface area contributed by atoms with Gasteiger partial charge in [-0.2, -0.15) is 0 Å². The lowest BCUT2D eigenvalue weighted by atomic mass is 10.3. The van der Waals surface area contributed by atoms with Crippen LogP contribution in [0.25, 0.3) is 0 Å². The molecule has 0 aliphatic carbocycles. The summed E-state index contributed by atoms with van der Waals surface area (Å²) in [6.07, 6.45) is 3.05. The van der Waals surface area contributed by atoms with E-state index < -0.39 is 0 Å². The van der Waals surface area contributed by atoms with E-state index in [1.807, 2.05) is 0 Å². The predicted octanol–water partition coefficient (Wildman–Crippen LogP) is 1.65. The second-order valence-electron chi connectivity index (χ2n) is 3.87. The molecular weight excluding hydrogens is 196 g/mol. The Kier molecular flexibility index (Phi) is 3.10. The lowest BCUT2D eigenvalue weighted by Gasteiger charge is -2.17. The first-order valence-corrected chi connectivity index (χ1v) is 5.05. The highest BCUT2D eigenvalue weighted by atomic mass is 32.2. The number of hydrogen-bond acceptors (Lipinski definition) is 4. The average molecular weight is 210 g/mol. The molecule has 3 N–H and O–H groups in total. The number of thioether (sulfide) groups is 1. The molecule has 0 aromatic carbocycles. The Hall–Kier alpha value is -1.10. The number of nitrogens with one attached hydrogen (secondary N) is 1. The van der Waals surface area contributed by atoms with Gasteiger partial charge < -0.3 is 5.73 Å². The fourth-order valence-electron chi connectivity index (χ4n) is 0.875. The summed E-state index contributed by atoms with van der Waals surface area (Å²) < 4.78 is 0.0541. The van der Waals surface area contributed by atoms with Crippen LogP contribution in [0.2, 0.25) is 0 Å². The lowest BCUT2D eigenvalue weighted by Crippen LogP contribution is -2.16. The van der Waals surface area contributed by atoms with Crippen molar-refractivity contribution in [3.05, 3.63) is 18.1 Å². The van der Waals surface area contributed by atoms with Gasteiger partial charge in [0.05, 0.1) is 5.56 Å². The minimum absolute atomic E-state index is 0.0114. The zero-order chi connectivity index (χ0) is 10.8. The van der Waals surface area contributed by atoms with Crippen LogP contribution in [0.5, 0.6) is 0 Å². The minimum atomic E-state index is 0.0114. The molecule has 14 heavy (non-hydrogen) atoms. The molecule has 0 amide bonds. The van der Waals surface area contributed by atoms with Crippen molar-refractivity contribution in [1.29, 1.82) is 5.41 Å². The van der Waals surface area contributed by atoms with Crippen molar-refractivity contribution in [2.24, 2.45) is 5.73 Å². The molecule has 1 heterocycles. The Bertz CT molecular complexity index is 343. The molecule has 0 saturated carbocycles. The quantitative estimate of drug-likeness (QED) is 0.337. The molecule has 1 rings (SSSR count). The minimum Gasteiger partial charge on any atom is -0.384 e.